The lowest BCUT2D eigenvalue weighted by Gasteiger charge is -2.11. The molecule has 0 N–H and O–H groups in total. The highest BCUT2D eigenvalue weighted by molar-refractivity contribution is 5.38. The lowest BCUT2D eigenvalue weighted by atomic mass is 9.94. The maximum atomic E-state index is 8.28. The van der Waals surface area contributed by atoms with Gasteiger partial charge in [0, 0.05) is 0 Å². The topological polar surface area (TPSA) is 0 Å². The molecule has 0 spiro atoms. The van der Waals surface area contributed by atoms with Crippen LogP contribution in [0.3, 0.4) is 0 Å². The highest BCUT2D eigenvalue weighted by Gasteiger charge is 2.06. The summed E-state index contributed by atoms with van der Waals surface area (Å²) < 4.78 is 33.1. The van der Waals surface area contributed by atoms with Gasteiger partial charge in [-0.2, -0.15) is 0 Å². The van der Waals surface area contributed by atoms with Gasteiger partial charge in [-0.05, 0) is 70.2 Å². The molecule has 0 fully saturated rings. The molecule has 0 unspecified atom stereocenters. The van der Waals surface area contributed by atoms with Crippen LogP contribution in [0.2, 0.25) is 0 Å². The maximum Gasteiger partial charge on any atom is 0.0623 e. The van der Waals surface area contributed by atoms with E-state index in [1.54, 1.807) is 0 Å². The monoisotopic (exact) mass is 364 g/mol. The summed E-state index contributed by atoms with van der Waals surface area (Å²) in [6.07, 6.45) is 2.69. The molecule has 28 heavy (non-hydrogen) atoms. The molecule has 0 heteroatoms. The predicted octanol–water partition coefficient (Wildman–Crippen LogP) is 6.36. The number of hydrogen-bond donors (Lipinski definition) is 0. The molecule has 8 bridgehead atoms. The van der Waals surface area contributed by atoms with Gasteiger partial charge >= 0.3 is 0 Å². The first-order valence-corrected chi connectivity index (χ1v) is 9.76. The average molecular weight is 365 g/mol. The molecular formula is C28H24. The lowest BCUT2D eigenvalue weighted by Crippen LogP contribution is -1.97. The zero-order chi connectivity index (χ0) is 22.2. The Labute approximate surface area is 173 Å². The van der Waals surface area contributed by atoms with Gasteiger partial charge in [-0.15, -0.1) is 0 Å². The molecule has 136 valence electrons. The molecule has 4 aromatic carbocycles. The van der Waals surface area contributed by atoms with E-state index in [0.29, 0.717) is 49.9 Å². The van der Waals surface area contributed by atoms with Crippen molar-refractivity contribution in [2.45, 2.75) is 25.7 Å². The van der Waals surface area contributed by atoms with E-state index in [2.05, 4.69) is 24.3 Å². The molecule has 0 nitrogen and oxygen atoms in total. The highest BCUT2D eigenvalue weighted by Crippen LogP contribution is 2.20. The summed E-state index contributed by atoms with van der Waals surface area (Å²) in [5, 5.41) is 0. The summed E-state index contributed by atoms with van der Waals surface area (Å²) in [6, 6.07) is 25.7. The molecule has 0 saturated heterocycles. The van der Waals surface area contributed by atoms with Crippen LogP contribution in [-0.2, 0) is 25.7 Å². The molecule has 4 aromatic rings. The number of fused-ring (bicyclic) bond motifs is 8. The van der Waals surface area contributed by atoms with Crippen molar-refractivity contribution in [3.05, 3.63) is 141 Å². The Hall–Kier alpha value is -3.12. The molecular weight excluding hydrogens is 336 g/mol. The van der Waals surface area contributed by atoms with Crippen molar-refractivity contribution < 1.29 is 5.48 Å². The van der Waals surface area contributed by atoms with Crippen LogP contribution in [0, 0.1) is 0 Å². The third-order valence-corrected chi connectivity index (χ3v) is 5.27. The molecule has 1 aliphatic rings. The van der Waals surface area contributed by atoms with Gasteiger partial charge in [0.05, 0.1) is 5.48 Å². The summed E-state index contributed by atoms with van der Waals surface area (Å²) in [6.45, 7) is 0. The summed E-state index contributed by atoms with van der Waals surface area (Å²) >= 11 is 0. The minimum atomic E-state index is 0.487. The Balaban J connectivity index is 1.66. The van der Waals surface area contributed by atoms with Crippen molar-refractivity contribution in [3.63, 3.8) is 0 Å². The third-order valence-electron chi connectivity index (χ3n) is 5.27. The van der Waals surface area contributed by atoms with Crippen molar-refractivity contribution >= 4 is 0 Å². The van der Waals surface area contributed by atoms with Crippen molar-refractivity contribution in [2.75, 3.05) is 0 Å². The van der Waals surface area contributed by atoms with Crippen LogP contribution in [0.1, 0.15) is 50.0 Å². The van der Waals surface area contributed by atoms with Gasteiger partial charge in [0.15, 0.2) is 0 Å². The fourth-order valence-corrected chi connectivity index (χ4v) is 4.07. The van der Waals surface area contributed by atoms with Crippen molar-refractivity contribution in [3.8, 4) is 0 Å². The Morgan fingerprint density at radius 2 is 0.536 bits per heavy atom. The van der Waals surface area contributed by atoms with Crippen LogP contribution in [0.4, 0.5) is 0 Å². The second kappa shape index (κ2) is 7.48. The summed E-state index contributed by atoms with van der Waals surface area (Å²) in [5.74, 6) is 0. The van der Waals surface area contributed by atoms with Crippen molar-refractivity contribution in [1.82, 2.24) is 0 Å². The zero-order valence-corrected chi connectivity index (χ0v) is 15.8. The molecule has 0 aromatic heterocycles. The van der Waals surface area contributed by atoms with Gasteiger partial charge in [0.2, 0.25) is 0 Å². The normalized spacial score (nSPS) is 15.1. The average Bonchev–Trinajstić information content (AvgIpc) is 2.65. The fraction of sp³-hybridized carbons (Fsp3) is 0.143. The minimum Gasteiger partial charge on any atom is -0.0617 e. The minimum absolute atomic E-state index is 0.487. The maximum absolute atomic E-state index is 8.28. The van der Waals surface area contributed by atoms with Gasteiger partial charge in [-0.1, -0.05) is 97.0 Å². The van der Waals surface area contributed by atoms with Gasteiger partial charge in [0.25, 0.3) is 0 Å². The Morgan fingerprint density at radius 1 is 0.357 bits per heavy atom. The van der Waals surface area contributed by atoms with E-state index in [9.17, 15) is 0 Å². The fourth-order valence-electron chi connectivity index (χ4n) is 4.07. The molecule has 0 atom stereocenters. The SMILES string of the molecule is [2H]c1cc2cc(c1)Cc1cc([2H])cc(c1)Cc1cc([2H])cc(c1)Cc1cc([2H])cc(c1)C2. The first-order valence-electron chi connectivity index (χ1n) is 11.8. The van der Waals surface area contributed by atoms with E-state index in [1.165, 1.54) is 0 Å². The van der Waals surface area contributed by atoms with Crippen molar-refractivity contribution in [2.24, 2.45) is 0 Å². The first-order chi connectivity index (χ1) is 15.4. The van der Waals surface area contributed by atoms with E-state index >= 15 is 0 Å². The molecule has 1 aliphatic carbocycles. The van der Waals surface area contributed by atoms with Crippen LogP contribution in [0.15, 0.2) is 97.0 Å². The largest absolute Gasteiger partial charge is 0.0623 e. The van der Waals surface area contributed by atoms with E-state index in [1.807, 2.05) is 48.5 Å². The second-order valence-corrected chi connectivity index (χ2v) is 7.71. The van der Waals surface area contributed by atoms with E-state index in [4.69, 9.17) is 5.48 Å². The second-order valence-electron chi connectivity index (χ2n) is 7.71. The quantitative estimate of drug-likeness (QED) is 0.300. The molecule has 0 amide bonds. The van der Waals surface area contributed by atoms with Gasteiger partial charge in [0.1, 0.15) is 0 Å². The first kappa shape index (κ1) is 13.1. The summed E-state index contributed by atoms with van der Waals surface area (Å²) in [4.78, 5) is 0. The van der Waals surface area contributed by atoms with Crippen LogP contribution < -0.4 is 0 Å². The summed E-state index contributed by atoms with van der Waals surface area (Å²) in [7, 11) is 0. The van der Waals surface area contributed by atoms with Crippen LogP contribution in [-0.4, -0.2) is 0 Å². The van der Waals surface area contributed by atoms with Crippen LogP contribution in [0.25, 0.3) is 0 Å². The summed E-state index contributed by atoms with van der Waals surface area (Å²) in [5.41, 5.74) is 8.51. The van der Waals surface area contributed by atoms with Crippen LogP contribution >= 0.6 is 0 Å². The van der Waals surface area contributed by atoms with Gasteiger partial charge < -0.3 is 0 Å². The third kappa shape index (κ3) is 3.92. The van der Waals surface area contributed by atoms with Crippen LogP contribution in [0.5, 0.6) is 0 Å². The van der Waals surface area contributed by atoms with Gasteiger partial charge in [-0.25, -0.2) is 0 Å². The Bertz CT molecular complexity index is 1040. The van der Waals surface area contributed by atoms with E-state index < -0.39 is 0 Å². The Morgan fingerprint density at radius 3 is 0.714 bits per heavy atom. The van der Waals surface area contributed by atoms with Gasteiger partial charge in [-0.3, -0.25) is 0 Å². The van der Waals surface area contributed by atoms with E-state index in [0.717, 1.165) is 44.5 Å². The molecule has 0 radical (unpaired) electrons. The predicted molar refractivity (Wildman–Crippen MR) is 117 cm³/mol. The van der Waals surface area contributed by atoms with E-state index in [-0.39, 0.29) is 0 Å². The number of hydrogen-bond acceptors (Lipinski definition) is 0. The standard InChI is InChI=1S/C28H24/c1-5-21-13-22(6-1)18-24-8-3-10-26(15-24)20-28-12-4-11-27(16-28)19-25-9-2-7-23(14-25)17-21/h1-16H,17-20H2/i1D,2D,3D,4D. The molecule has 0 aliphatic heterocycles. The number of benzene rings is 4. The molecule has 0 saturated carbocycles. The smallest absolute Gasteiger partial charge is 0.0617 e. The lowest BCUT2D eigenvalue weighted by molar-refractivity contribution is 1.09. The Kier molecular flexibility index (Phi) is 3.51. The van der Waals surface area contributed by atoms with Crippen molar-refractivity contribution in [1.29, 1.82) is 0 Å². The molecule has 5 rings (SSSR count). The molecule has 0 heterocycles. The number of rotatable bonds is 0. The highest BCUT2D eigenvalue weighted by atomic mass is 14.1. The zero-order valence-electron chi connectivity index (χ0n) is 19.8.